The number of hydrogen-bond acceptors (Lipinski definition) is 16. The van der Waals surface area contributed by atoms with Gasteiger partial charge in [0.2, 0.25) is 53.2 Å². The molecule has 0 aliphatic carbocycles. The van der Waals surface area contributed by atoms with Gasteiger partial charge in [0, 0.05) is 6.42 Å². The van der Waals surface area contributed by atoms with Crippen molar-refractivity contribution in [3.8, 4) is 0 Å². The first-order chi connectivity index (χ1) is 29.7. The maximum atomic E-state index is 13.6. The molecule has 0 radical (unpaired) electrons. The summed E-state index contributed by atoms with van der Waals surface area (Å²) >= 11 is 1.32. The molecule has 0 aromatic rings. The summed E-state index contributed by atoms with van der Waals surface area (Å²) in [5.74, 6) is -12.9. The van der Waals surface area contributed by atoms with Gasteiger partial charge in [-0.15, -0.1) is 0 Å². The van der Waals surface area contributed by atoms with E-state index in [0.29, 0.717) is 5.75 Å². The van der Waals surface area contributed by atoms with Gasteiger partial charge in [0.1, 0.15) is 48.3 Å². The van der Waals surface area contributed by atoms with Gasteiger partial charge in [0.15, 0.2) is 0 Å². The maximum absolute atomic E-state index is 13.6. The van der Waals surface area contributed by atoms with Crippen molar-refractivity contribution < 1.29 is 78.3 Å². The normalized spacial score (nSPS) is 15.8. The van der Waals surface area contributed by atoms with E-state index >= 15 is 0 Å². The molecule has 9 amide bonds. The summed E-state index contributed by atoms with van der Waals surface area (Å²) in [6.07, 6.45) is -1.40. The van der Waals surface area contributed by atoms with Crippen molar-refractivity contribution in [1.82, 2.24) is 42.5 Å². The van der Waals surface area contributed by atoms with Crippen LogP contribution in [0.4, 0.5) is 0 Å². The Morgan fingerprint density at radius 2 is 0.938 bits per heavy atom. The number of carbonyl (C=O) groups excluding carboxylic acids is 9. The molecule has 26 nitrogen and oxygen atoms in total. The number of rotatable bonds is 30. The Bertz CT molecular complexity index is 1670. The van der Waals surface area contributed by atoms with E-state index in [4.69, 9.17) is 16.6 Å². The number of carboxylic acids is 2. The number of thioether (sulfide) groups is 1. The van der Waals surface area contributed by atoms with Gasteiger partial charge in [0.05, 0.1) is 31.8 Å². The van der Waals surface area contributed by atoms with Crippen LogP contribution >= 0.6 is 11.8 Å². The van der Waals surface area contributed by atoms with Crippen LogP contribution in [0.25, 0.3) is 0 Å². The largest absolute Gasteiger partial charge is 0.481 e. The number of carbonyl (C=O) groups is 11. The summed E-state index contributed by atoms with van der Waals surface area (Å²) in [5.41, 5.74) is 10.8. The quantitative estimate of drug-likeness (QED) is 0.0318. The number of carboxylic acid groups (broad SMARTS) is 2. The predicted molar refractivity (Wildman–Crippen MR) is 226 cm³/mol. The van der Waals surface area contributed by atoms with Gasteiger partial charge in [-0.25, -0.2) is 4.79 Å². The zero-order valence-corrected chi connectivity index (χ0v) is 37.5. The molecule has 17 N–H and O–H groups in total. The lowest BCUT2D eigenvalue weighted by Crippen LogP contribution is -2.62. The average Bonchev–Trinajstić information content (AvgIpc) is 3.20. The number of nitrogens with two attached hydrogens (primary N) is 2. The molecule has 0 saturated carbocycles. The number of amides is 9. The van der Waals surface area contributed by atoms with Crippen molar-refractivity contribution in [2.45, 2.75) is 128 Å². The van der Waals surface area contributed by atoms with Crippen LogP contribution in [0.5, 0.6) is 0 Å². The van der Waals surface area contributed by atoms with Crippen molar-refractivity contribution in [1.29, 1.82) is 0 Å². The molecule has 0 aromatic carbocycles. The second-order valence-corrected chi connectivity index (χ2v) is 16.3. The van der Waals surface area contributed by atoms with Crippen LogP contribution in [0, 0.1) is 11.8 Å². The van der Waals surface area contributed by atoms with Crippen molar-refractivity contribution in [2.24, 2.45) is 23.3 Å². The second-order valence-electron chi connectivity index (χ2n) is 15.4. The number of nitrogens with one attached hydrogen (secondary N) is 8. The van der Waals surface area contributed by atoms with Crippen LogP contribution in [0.2, 0.25) is 0 Å². The average molecular weight is 937 g/mol. The molecule has 0 bridgehead atoms. The SMILES string of the molecule is CSCC[C@H](NC(=O)[C@@H](NC(=O)[C@H](CCC(N)=O)NC(=O)[C@H](C)NC(=O)[C@H](CO)NC(=O)[C@@H](NC(=O)[C@@H](NC(=O)[C@@H](N)CC(=O)O)[C@@H](C)O)C(C)C)C(C)C)C(=O)N[C@@H](CO)C(=O)O. The zero-order valence-electron chi connectivity index (χ0n) is 36.7. The lowest BCUT2D eigenvalue weighted by atomic mass is 10.0. The minimum atomic E-state index is -1.73. The first-order valence-corrected chi connectivity index (χ1v) is 21.4. The Hall–Kier alpha value is -5.64. The van der Waals surface area contributed by atoms with Crippen LogP contribution in [0.15, 0.2) is 0 Å². The smallest absolute Gasteiger partial charge is 0.328 e. The van der Waals surface area contributed by atoms with E-state index < -0.39 is 163 Å². The maximum Gasteiger partial charge on any atom is 0.328 e. The minimum absolute atomic E-state index is 0.0336. The van der Waals surface area contributed by atoms with Crippen LogP contribution in [-0.2, 0) is 52.7 Å². The van der Waals surface area contributed by atoms with Crippen LogP contribution < -0.4 is 54.0 Å². The lowest BCUT2D eigenvalue weighted by molar-refractivity contribution is -0.143. The molecule has 0 aliphatic rings. The molecule has 364 valence electrons. The molecule has 0 fully saturated rings. The van der Waals surface area contributed by atoms with Crippen molar-refractivity contribution in [3.63, 3.8) is 0 Å². The Morgan fingerprint density at radius 3 is 1.38 bits per heavy atom. The van der Waals surface area contributed by atoms with E-state index in [9.17, 15) is 73.2 Å². The summed E-state index contributed by atoms with van der Waals surface area (Å²) in [4.78, 5) is 139. The second kappa shape index (κ2) is 28.9. The Balaban J connectivity index is 6.03. The first-order valence-electron chi connectivity index (χ1n) is 20.0. The highest BCUT2D eigenvalue weighted by molar-refractivity contribution is 7.98. The highest BCUT2D eigenvalue weighted by Gasteiger charge is 2.36. The molecule has 0 saturated heterocycles. The van der Waals surface area contributed by atoms with E-state index in [0.717, 1.165) is 6.92 Å². The number of hydrogen-bond donors (Lipinski definition) is 15. The van der Waals surface area contributed by atoms with Gasteiger partial charge in [-0.05, 0) is 50.5 Å². The van der Waals surface area contributed by atoms with E-state index in [1.54, 1.807) is 20.1 Å². The fraction of sp³-hybridized carbons (Fsp3) is 0.703. The molecule has 27 heteroatoms. The van der Waals surface area contributed by atoms with Gasteiger partial charge in [0.25, 0.3) is 0 Å². The fourth-order valence-electron chi connectivity index (χ4n) is 5.42. The molecule has 0 spiro atoms. The zero-order chi connectivity index (χ0) is 49.6. The summed E-state index contributed by atoms with van der Waals surface area (Å²) in [6, 6.07) is -13.8. The Labute approximate surface area is 373 Å². The van der Waals surface area contributed by atoms with Crippen molar-refractivity contribution >= 4 is 76.9 Å². The number of aliphatic hydroxyl groups is 3. The van der Waals surface area contributed by atoms with E-state index in [1.165, 1.54) is 32.5 Å². The van der Waals surface area contributed by atoms with E-state index in [-0.39, 0.29) is 12.8 Å². The summed E-state index contributed by atoms with van der Waals surface area (Å²) in [5, 5.41) is 66.0. The standard InChI is InChI=1S/C37H64N10O16S/c1-15(2)26(34(59)42-21(10-11-64-7)31(56)44-23(14-49)37(62)63)45-32(57)20(8-9-24(39)51)41-29(54)17(5)40-33(58)22(13-48)43-35(60)27(16(3)4)46-36(61)28(18(6)50)47-30(55)19(38)12-25(52)53/h15-23,26-28,48-50H,8-14,38H2,1-7H3,(H2,39,51)(H,40,58)(H,41,54)(H,42,59)(H,43,60)(H,44,56)(H,45,57)(H,46,61)(H,47,55)(H,52,53)(H,62,63)/t17-,18+,19-,20-,21-,22-,23-,26-,27-,28-/m0/s1. The molecule has 0 aromatic heterocycles. The molecular weight excluding hydrogens is 873 g/mol. The fourth-order valence-corrected chi connectivity index (χ4v) is 5.90. The van der Waals surface area contributed by atoms with Gasteiger partial charge in [-0.1, -0.05) is 27.7 Å². The van der Waals surface area contributed by atoms with Crippen molar-refractivity contribution in [2.75, 3.05) is 25.2 Å². The van der Waals surface area contributed by atoms with Crippen LogP contribution in [0.1, 0.15) is 67.2 Å². The van der Waals surface area contributed by atoms with E-state index in [1.807, 2.05) is 0 Å². The number of aliphatic carboxylic acids is 2. The third-order valence-corrected chi connectivity index (χ3v) is 9.85. The monoisotopic (exact) mass is 936 g/mol. The Kier molecular flexibility index (Phi) is 26.4. The topological polar surface area (TPSA) is 437 Å². The molecule has 0 unspecified atom stereocenters. The van der Waals surface area contributed by atoms with Crippen molar-refractivity contribution in [3.05, 3.63) is 0 Å². The molecule has 0 rings (SSSR count). The first kappa shape index (κ1) is 58.4. The molecule has 10 atom stereocenters. The third kappa shape index (κ3) is 20.7. The van der Waals surface area contributed by atoms with Gasteiger partial charge in [-0.3, -0.25) is 47.9 Å². The third-order valence-electron chi connectivity index (χ3n) is 9.21. The summed E-state index contributed by atoms with van der Waals surface area (Å²) < 4.78 is 0. The molecular formula is C37H64N10O16S. The predicted octanol–water partition coefficient (Wildman–Crippen LogP) is -6.53. The van der Waals surface area contributed by atoms with Crippen LogP contribution in [-0.4, -0.2) is 176 Å². The van der Waals surface area contributed by atoms with Gasteiger partial charge in [-0.2, -0.15) is 11.8 Å². The Morgan fingerprint density at radius 1 is 0.531 bits per heavy atom. The molecule has 0 aliphatic heterocycles. The lowest BCUT2D eigenvalue weighted by Gasteiger charge is -2.29. The molecule has 0 heterocycles. The minimum Gasteiger partial charge on any atom is -0.481 e. The van der Waals surface area contributed by atoms with E-state index in [2.05, 4.69) is 42.5 Å². The number of aliphatic hydroxyl groups excluding tert-OH is 3. The van der Waals surface area contributed by atoms with Gasteiger partial charge < -0.3 is 79.5 Å². The highest BCUT2D eigenvalue weighted by atomic mass is 32.2. The highest BCUT2D eigenvalue weighted by Crippen LogP contribution is 2.09. The summed E-state index contributed by atoms with van der Waals surface area (Å²) in [6.45, 7) is 6.43. The number of primary amides is 1. The van der Waals surface area contributed by atoms with Crippen LogP contribution in [0.3, 0.4) is 0 Å². The summed E-state index contributed by atoms with van der Waals surface area (Å²) in [7, 11) is 0. The van der Waals surface area contributed by atoms with Gasteiger partial charge >= 0.3 is 11.9 Å². The molecule has 64 heavy (non-hydrogen) atoms.